The van der Waals surface area contributed by atoms with Crippen LogP contribution in [0.25, 0.3) is 5.69 Å². The molecule has 0 aliphatic rings. The maximum atomic E-state index is 11.4. The Labute approximate surface area is 103 Å². The summed E-state index contributed by atoms with van der Waals surface area (Å²) in [5.41, 5.74) is 0.341. The lowest BCUT2D eigenvalue weighted by Gasteiger charge is -2.01. The maximum absolute atomic E-state index is 11.4. The summed E-state index contributed by atoms with van der Waals surface area (Å²) in [4.78, 5) is 11.4. The van der Waals surface area contributed by atoms with Gasteiger partial charge in [-0.05, 0) is 46.3 Å². The van der Waals surface area contributed by atoms with Gasteiger partial charge in [0.15, 0.2) is 0 Å². The molecule has 0 unspecified atom stereocenters. The van der Waals surface area contributed by atoms with Gasteiger partial charge in [0.05, 0.1) is 10.7 Å². The molecule has 2 rings (SSSR count). The number of rotatable bonds is 1. The number of hydrogen-bond donors (Lipinski definition) is 2. The van der Waals surface area contributed by atoms with E-state index in [-0.39, 0.29) is 5.69 Å². The van der Waals surface area contributed by atoms with E-state index in [0.29, 0.717) is 20.0 Å². The summed E-state index contributed by atoms with van der Waals surface area (Å²) in [5, 5.41) is 5.54. The van der Waals surface area contributed by atoms with E-state index in [0.717, 1.165) is 0 Å². The Morgan fingerprint density at radius 3 is 2.67 bits per heavy atom. The topological polar surface area (TPSA) is 53.6 Å². The van der Waals surface area contributed by atoms with Crippen molar-refractivity contribution in [2.24, 2.45) is 0 Å². The summed E-state index contributed by atoms with van der Waals surface area (Å²) >= 11 is 14.1. The average molecular weight is 307 g/mol. The molecule has 1 aromatic heterocycles. The molecule has 0 aliphatic carbocycles. The zero-order chi connectivity index (χ0) is 11.0. The number of nitrogens with zero attached hydrogens (tertiary/aromatic N) is 1. The second-order valence-corrected chi connectivity index (χ2v) is 4.44. The SMILES string of the molecule is O=c1[nH][nH]c(=S)n1-c1ccc(Cl)c(Br)c1. The number of H-pyrrole nitrogens is 2. The van der Waals surface area contributed by atoms with Gasteiger partial charge in [0.1, 0.15) is 0 Å². The van der Waals surface area contributed by atoms with Gasteiger partial charge >= 0.3 is 5.69 Å². The number of nitrogens with one attached hydrogen (secondary N) is 2. The van der Waals surface area contributed by atoms with Crippen molar-refractivity contribution in [3.05, 3.63) is 42.9 Å². The van der Waals surface area contributed by atoms with Crippen molar-refractivity contribution in [3.63, 3.8) is 0 Å². The highest BCUT2D eigenvalue weighted by molar-refractivity contribution is 9.10. The third-order valence-electron chi connectivity index (χ3n) is 1.84. The largest absolute Gasteiger partial charge is 0.347 e. The Balaban J connectivity index is 2.70. The molecule has 0 bridgehead atoms. The molecule has 0 atom stereocenters. The monoisotopic (exact) mass is 305 g/mol. The normalized spacial score (nSPS) is 10.5. The van der Waals surface area contributed by atoms with Crippen molar-refractivity contribution < 1.29 is 0 Å². The van der Waals surface area contributed by atoms with E-state index in [4.69, 9.17) is 23.8 Å². The standard InChI is InChI=1S/C8H5BrClN3OS/c9-5-3-4(1-2-6(5)10)13-7(14)11-12-8(13)15/h1-3H,(H,11,14)(H,12,15). The predicted molar refractivity (Wildman–Crippen MR) is 64.3 cm³/mol. The van der Waals surface area contributed by atoms with Crippen LogP contribution in [0.1, 0.15) is 0 Å². The van der Waals surface area contributed by atoms with E-state index >= 15 is 0 Å². The van der Waals surface area contributed by atoms with Crippen LogP contribution in [0.5, 0.6) is 0 Å². The van der Waals surface area contributed by atoms with E-state index in [1.165, 1.54) is 4.57 Å². The Hall–Kier alpha value is -0.850. The van der Waals surface area contributed by atoms with E-state index in [1.54, 1.807) is 18.2 Å². The van der Waals surface area contributed by atoms with Crippen LogP contribution in [-0.2, 0) is 0 Å². The van der Waals surface area contributed by atoms with Crippen LogP contribution in [-0.4, -0.2) is 14.8 Å². The summed E-state index contributed by atoms with van der Waals surface area (Å²) in [6, 6.07) is 5.13. The molecule has 7 heteroatoms. The summed E-state index contributed by atoms with van der Waals surface area (Å²) in [6.45, 7) is 0. The molecule has 2 aromatic rings. The molecule has 0 amide bonds. The lowest BCUT2D eigenvalue weighted by molar-refractivity contribution is 0.974. The van der Waals surface area contributed by atoms with Gasteiger partial charge in [-0.3, -0.25) is 5.10 Å². The predicted octanol–water partition coefficient (Wildman–Crippen LogP) is 2.64. The molecule has 0 radical (unpaired) electrons. The molecule has 0 saturated carbocycles. The van der Waals surface area contributed by atoms with Gasteiger partial charge in [-0.15, -0.1) is 0 Å². The Kier molecular flexibility index (Phi) is 2.81. The third kappa shape index (κ3) is 1.92. The van der Waals surface area contributed by atoms with E-state index < -0.39 is 0 Å². The van der Waals surface area contributed by atoms with Crippen molar-refractivity contribution in [2.75, 3.05) is 0 Å². The molecule has 1 aromatic carbocycles. The summed E-state index contributed by atoms with van der Waals surface area (Å²) < 4.78 is 2.37. The van der Waals surface area contributed by atoms with Crippen molar-refractivity contribution in [1.82, 2.24) is 14.8 Å². The summed E-state index contributed by atoms with van der Waals surface area (Å²) in [6.07, 6.45) is 0. The minimum absolute atomic E-state index is 0.311. The molecule has 15 heavy (non-hydrogen) atoms. The van der Waals surface area contributed by atoms with Gasteiger partial charge in [0.2, 0.25) is 4.77 Å². The maximum Gasteiger partial charge on any atom is 0.347 e. The first-order valence-electron chi connectivity index (χ1n) is 3.95. The molecule has 0 saturated heterocycles. The fourth-order valence-electron chi connectivity index (χ4n) is 1.17. The molecule has 2 N–H and O–H groups in total. The van der Waals surface area contributed by atoms with Crippen LogP contribution >= 0.6 is 39.7 Å². The quantitative estimate of drug-likeness (QED) is 0.796. The zero-order valence-corrected chi connectivity index (χ0v) is 10.4. The molecule has 0 aliphatic heterocycles. The molecule has 0 fully saturated rings. The van der Waals surface area contributed by atoms with Crippen LogP contribution in [0.15, 0.2) is 27.5 Å². The minimum atomic E-state index is -0.311. The van der Waals surface area contributed by atoms with Crippen molar-refractivity contribution >= 4 is 39.7 Å². The molecular formula is C8H5BrClN3OS. The van der Waals surface area contributed by atoms with Crippen molar-refractivity contribution in [2.45, 2.75) is 0 Å². The van der Waals surface area contributed by atoms with Crippen LogP contribution < -0.4 is 5.69 Å². The number of benzene rings is 1. The van der Waals surface area contributed by atoms with Crippen LogP contribution in [0.2, 0.25) is 5.02 Å². The molecule has 78 valence electrons. The highest BCUT2D eigenvalue weighted by atomic mass is 79.9. The second kappa shape index (κ2) is 3.96. The number of hydrogen-bond acceptors (Lipinski definition) is 2. The zero-order valence-electron chi connectivity index (χ0n) is 7.25. The molecular weight excluding hydrogens is 302 g/mol. The van der Waals surface area contributed by atoms with Gasteiger partial charge < -0.3 is 0 Å². The van der Waals surface area contributed by atoms with E-state index in [9.17, 15) is 4.79 Å². The van der Waals surface area contributed by atoms with Gasteiger partial charge in [0.25, 0.3) is 0 Å². The highest BCUT2D eigenvalue weighted by Gasteiger charge is 2.05. The summed E-state index contributed by atoms with van der Waals surface area (Å²) in [7, 11) is 0. The average Bonchev–Trinajstić information content (AvgIpc) is 2.52. The first-order chi connectivity index (χ1) is 7.09. The lowest BCUT2D eigenvalue weighted by atomic mass is 10.3. The van der Waals surface area contributed by atoms with Crippen LogP contribution in [0.3, 0.4) is 0 Å². The molecule has 1 heterocycles. The van der Waals surface area contributed by atoms with Gasteiger partial charge in [-0.25, -0.2) is 14.5 Å². The van der Waals surface area contributed by atoms with E-state index in [2.05, 4.69) is 26.1 Å². The number of aromatic nitrogens is 3. The Morgan fingerprint density at radius 2 is 2.13 bits per heavy atom. The van der Waals surface area contributed by atoms with Crippen molar-refractivity contribution in [1.29, 1.82) is 0 Å². The second-order valence-electron chi connectivity index (χ2n) is 2.79. The fourth-order valence-corrected chi connectivity index (χ4v) is 1.89. The van der Waals surface area contributed by atoms with Crippen molar-refractivity contribution in [3.8, 4) is 5.69 Å². The lowest BCUT2D eigenvalue weighted by Crippen LogP contribution is -2.14. The van der Waals surface area contributed by atoms with Gasteiger partial charge in [0, 0.05) is 4.47 Å². The van der Waals surface area contributed by atoms with E-state index in [1.807, 2.05) is 0 Å². The molecule has 4 nitrogen and oxygen atoms in total. The highest BCUT2D eigenvalue weighted by Crippen LogP contribution is 2.24. The third-order valence-corrected chi connectivity index (χ3v) is 3.34. The van der Waals surface area contributed by atoms with Crippen LogP contribution in [0, 0.1) is 4.77 Å². The fraction of sp³-hybridized carbons (Fsp3) is 0. The number of aromatic amines is 2. The summed E-state index contributed by atoms with van der Waals surface area (Å²) in [5.74, 6) is 0. The minimum Gasteiger partial charge on any atom is -0.272 e. The van der Waals surface area contributed by atoms with Gasteiger partial charge in [-0.2, -0.15) is 0 Å². The Morgan fingerprint density at radius 1 is 1.40 bits per heavy atom. The first-order valence-corrected chi connectivity index (χ1v) is 5.52. The Bertz CT molecular complexity index is 587. The van der Waals surface area contributed by atoms with Gasteiger partial charge in [-0.1, -0.05) is 11.6 Å². The number of halogens is 2. The molecule has 0 spiro atoms. The van der Waals surface area contributed by atoms with Crippen LogP contribution in [0.4, 0.5) is 0 Å². The first kappa shape index (κ1) is 10.7. The smallest absolute Gasteiger partial charge is 0.272 e.